The van der Waals surface area contributed by atoms with E-state index in [1.54, 1.807) is 13.8 Å². The van der Waals surface area contributed by atoms with Crippen LogP contribution in [0.2, 0.25) is 5.02 Å². The molecule has 2 atom stereocenters. The zero-order valence-electron chi connectivity index (χ0n) is 31.1. The van der Waals surface area contributed by atoms with Crippen molar-refractivity contribution in [2.75, 3.05) is 26.2 Å². The first-order valence-electron chi connectivity index (χ1n) is 18.7. The standard InChI is InChI=1S/C43H52ClN3O5/c1-27-22-28(2)29(3)38(23-27)52-21-18-30-10-12-31(13-11-30)35-24-33-25-46(39(48)16-19-43(4,5)42(50)51)26-37(45-33)40(35)41(49)47(34-14-15-34)20-17-32-8-6-7-9-36(32)44/h6-13,22-23,33-34,37,45H,14-21,24-26H2,1-5H3,(H,50,51)/t33-,37-/m1/s1. The van der Waals surface area contributed by atoms with Gasteiger partial charge in [0.25, 0.3) is 5.91 Å². The highest BCUT2D eigenvalue weighted by Gasteiger charge is 2.43. The molecule has 1 aliphatic carbocycles. The first-order chi connectivity index (χ1) is 24.8. The molecule has 0 aromatic heterocycles. The summed E-state index contributed by atoms with van der Waals surface area (Å²) in [5, 5.41) is 14.0. The molecule has 1 saturated carbocycles. The van der Waals surface area contributed by atoms with Crippen LogP contribution in [0.3, 0.4) is 0 Å². The highest BCUT2D eigenvalue weighted by atomic mass is 35.5. The number of piperazine rings is 1. The van der Waals surface area contributed by atoms with Crippen LogP contribution < -0.4 is 10.1 Å². The summed E-state index contributed by atoms with van der Waals surface area (Å²) in [7, 11) is 0. The molecule has 2 aliphatic heterocycles. The van der Waals surface area contributed by atoms with Crippen molar-refractivity contribution in [2.45, 2.75) is 97.7 Å². The Kier molecular flexibility index (Phi) is 11.5. The summed E-state index contributed by atoms with van der Waals surface area (Å²) in [5.41, 5.74) is 7.56. The molecule has 2 fully saturated rings. The Balaban J connectivity index is 1.24. The average molecular weight is 726 g/mol. The number of aryl methyl sites for hydroxylation is 2. The van der Waals surface area contributed by atoms with E-state index in [4.69, 9.17) is 16.3 Å². The molecule has 3 aliphatic rings. The monoisotopic (exact) mass is 725 g/mol. The van der Waals surface area contributed by atoms with Crippen LogP contribution in [-0.2, 0) is 27.2 Å². The number of hydrogen-bond acceptors (Lipinski definition) is 5. The molecule has 3 aromatic rings. The Hall–Kier alpha value is -4.14. The number of benzene rings is 3. The molecular weight excluding hydrogens is 674 g/mol. The number of carbonyl (C=O) groups excluding carboxylic acids is 2. The average Bonchev–Trinajstić information content (AvgIpc) is 3.95. The fourth-order valence-electron chi connectivity index (χ4n) is 7.49. The van der Waals surface area contributed by atoms with Crippen LogP contribution >= 0.6 is 11.6 Å². The van der Waals surface area contributed by atoms with Crippen molar-refractivity contribution < 1.29 is 24.2 Å². The van der Waals surface area contributed by atoms with Crippen LogP contribution in [-0.4, -0.2) is 77.1 Å². The van der Waals surface area contributed by atoms with E-state index in [9.17, 15) is 19.5 Å². The number of amides is 2. The minimum atomic E-state index is -0.989. The summed E-state index contributed by atoms with van der Waals surface area (Å²) < 4.78 is 6.20. The molecule has 0 radical (unpaired) electrons. The molecule has 0 spiro atoms. The van der Waals surface area contributed by atoms with Crippen LogP contribution in [0.4, 0.5) is 0 Å². The van der Waals surface area contributed by atoms with Crippen molar-refractivity contribution in [2.24, 2.45) is 5.41 Å². The zero-order valence-corrected chi connectivity index (χ0v) is 31.9. The highest BCUT2D eigenvalue weighted by Crippen LogP contribution is 2.37. The number of rotatable bonds is 14. The molecule has 6 rings (SSSR count). The van der Waals surface area contributed by atoms with Crippen LogP contribution in [0.15, 0.2) is 66.2 Å². The van der Waals surface area contributed by atoms with Crippen LogP contribution in [0.5, 0.6) is 5.75 Å². The van der Waals surface area contributed by atoms with Crippen LogP contribution in [0, 0.1) is 26.2 Å². The van der Waals surface area contributed by atoms with Crippen LogP contribution in [0.25, 0.3) is 5.57 Å². The van der Waals surface area contributed by atoms with E-state index in [0.29, 0.717) is 44.1 Å². The Labute approximate surface area is 313 Å². The lowest BCUT2D eigenvalue weighted by molar-refractivity contribution is -0.148. The number of nitrogens with one attached hydrogen (secondary N) is 1. The van der Waals surface area contributed by atoms with Gasteiger partial charge < -0.3 is 25.0 Å². The Morgan fingerprint density at radius 1 is 1.00 bits per heavy atom. The molecule has 9 heteroatoms. The molecule has 52 heavy (non-hydrogen) atoms. The molecule has 8 nitrogen and oxygen atoms in total. The second kappa shape index (κ2) is 15.8. The quantitative estimate of drug-likeness (QED) is 0.181. The third-order valence-corrected chi connectivity index (χ3v) is 11.4. The first-order valence-corrected chi connectivity index (χ1v) is 19.0. The number of aliphatic carboxylic acids is 1. The van der Waals surface area contributed by atoms with Gasteiger partial charge in [0.2, 0.25) is 5.91 Å². The second-order valence-corrected chi connectivity index (χ2v) is 16.0. The Morgan fingerprint density at radius 3 is 2.42 bits per heavy atom. The Bertz CT molecular complexity index is 1850. The molecule has 3 aromatic carbocycles. The molecular formula is C43H52ClN3O5. The second-order valence-electron chi connectivity index (χ2n) is 15.6. The van der Waals surface area contributed by atoms with Gasteiger partial charge in [0.05, 0.1) is 18.1 Å². The van der Waals surface area contributed by atoms with E-state index in [1.807, 2.05) is 34.1 Å². The molecule has 2 heterocycles. The van der Waals surface area contributed by atoms with E-state index in [2.05, 4.69) is 62.5 Å². The fourth-order valence-corrected chi connectivity index (χ4v) is 7.72. The van der Waals surface area contributed by atoms with E-state index in [1.165, 1.54) is 11.1 Å². The fraction of sp³-hybridized carbons (Fsp3) is 0.465. The number of carboxylic acids is 1. The maximum absolute atomic E-state index is 14.8. The maximum Gasteiger partial charge on any atom is 0.309 e. The van der Waals surface area contributed by atoms with Gasteiger partial charge in [-0.2, -0.15) is 0 Å². The SMILES string of the molecule is Cc1cc(C)c(C)c(OCCc2ccc(C3=C(C(=O)N(CCc4ccccc4Cl)C4CC4)[C@H]4CN(C(=O)CCC(C)(C)C(=O)O)C[C@@H](C3)N4)cc2)c1. The first kappa shape index (κ1) is 37.6. The molecule has 276 valence electrons. The molecule has 1 saturated heterocycles. The molecule has 0 unspecified atom stereocenters. The topological polar surface area (TPSA) is 99.2 Å². The van der Waals surface area contributed by atoms with Gasteiger partial charge >= 0.3 is 5.97 Å². The lowest BCUT2D eigenvalue weighted by Gasteiger charge is -2.45. The van der Waals surface area contributed by atoms with Gasteiger partial charge in [-0.3, -0.25) is 14.4 Å². The van der Waals surface area contributed by atoms with Crippen molar-refractivity contribution in [1.82, 2.24) is 15.1 Å². The number of carbonyl (C=O) groups is 3. The number of hydrogen-bond donors (Lipinski definition) is 2. The lowest BCUT2D eigenvalue weighted by Crippen LogP contribution is -2.62. The summed E-state index contributed by atoms with van der Waals surface area (Å²) in [6.45, 7) is 11.6. The Morgan fingerprint density at radius 2 is 1.73 bits per heavy atom. The van der Waals surface area contributed by atoms with E-state index < -0.39 is 11.4 Å². The molecule has 2 N–H and O–H groups in total. The minimum absolute atomic E-state index is 0.0168. The number of carboxylic acid groups (broad SMARTS) is 1. The molecule has 2 bridgehead atoms. The predicted octanol–water partition coefficient (Wildman–Crippen LogP) is 7.34. The number of halogens is 1. The maximum atomic E-state index is 14.8. The van der Waals surface area contributed by atoms with Crippen molar-refractivity contribution in [3.05, 3.63) is 105 Å². The van der Waals surface area contributed by atoms with Crippen molar-refractivity contribution in [3.8, 4) is 5.75 Å². The van der Waals surface area contributed by atoms with Gasteiger partial charge in [0, 0.05) is 55.2 Å². The predicted molar refractivity (Wildman–Crippen MR) is 206 cm³/mol. The van der Waals surface area contributed by atoms with Crippen LogP contribution in [0.1, 0.15) is 79.3 Å². The lowest BCUT2D eigenvalue weighted by atomic mass is 9.82. The van der Waals surface area contributed by atoms with Gasteiger partial charge in [-0.15, -0.1) is 0 Å². The van der Waals surface area contributed by atoms with E-state index in [-0.39, 0.29) is 42.8 Å². The van der Waals surface area contributed by atoms with E-state index in [0.717, 1.165) is 58.4 Å². The third kappa shape index (κ3) is 8.72. The smallest absolute Gasteiger partial charge is 0.309 e. The third-order valence-electron chi connectivity index (χ3n) is 11.1. The summed E-state index contributed by atoms with van der Waals surface area (Å²) in [4.78, 5) is 43.9. The summed E-state index contributed by atoms with van der Waals surface area (Å²) in [6.07, 6.45) is 4.38. The van der Waals surface area contributed by atoms with Gasteiger partial charge in [-0.1, -0.05) is 60.1 Å². The van der Waals surface area contributed by atoms with Gasteiger partial charge in [0.15, 0.2) is 0 Å². The largest absolute Gasteiger partial charge is 0.493 e. The number of nitrogens with zero attached hydrogens (tertiary/aromatic N) is 2. The number of ether oxygens (including phenoxy) is 1. The van der Waals surface area contributed by atoms with E-state index >= 15 is 0 Å². The highest BCUT2D eigenvalue weighted by molar-refractivity contribution is 6.31. The van der Waals surface area contributed by atoms with Crippen molar-refractivity contribution >= 4 is 35.0 Å². The molecule has 2 amide bonds. The summed E-state index contributed by atoms with van der Waals surface area (Å²) in [5.74, 6) is -0.0361. The summed E-state index contributed by atoms with van der Waals surface area (Å²) in [6, 6.07) is 20.4. The van der Waals surface area contributed by atoms with Gasteiger partial charge in [-0.05, 0) is 118 Å². The number of fused-ring (bicyclic) bond motifs is 2. The summed E-state index contributed by atoms with van der Waals surface area (Å²) >= 11 is 6.51. The van der Waals surface area contributed by atoms with Crippen molar-refractivity contribution in [1.29, 1.82) is 0 Å². The van der Waals surface area contributed by atoms with Gasteiger partial charge in [0.1, 0.15) is 5.75 Å². The van der Waals surface area contributed by atoms with Crippen molar-refractivity contribution in [3.63, 3.8) is 0 Å². The minimum Gasteiger partial charge on any atom is -0.493 e. The zero-order chi connectivity index (χ0) is 37.2. The normalized spacial score (nSPS) is 18.7. The van der Waals surface area contributed by atoms with Gasteiger partial charge in [-0.25, -0.2) is 0 Å².